The second-order valence-corrected chi connectivity index (χ2v) is 3.93. The number of nitriles is 1. The van der Waals surface area contributed by atoms with E-state index < -0.39 is 0 Å². The van der Waals surface area contributed by atoms with Gasteiger partial charge in [-0.3, -0.25) is 0 Å². The maximum Gasteiger partial charge on any atom is 0.130 e. The van der Waals surface area contributed by atoms with Crippen molar-refractivity contribution in [2.75, 3.05) is 5.73 Å². The number of nitrogens with zero attached hydrogens (tertiary/aromatic N) is 2. The van der Waals surface area contributed by atoms with Gasteiger partial charge in [0.15, 0.2) is 0 Å². The first-order valence-electron chi connectivity index (χ1n) is 5.54. The molecule has 1 heterocycles. The highest BCUT2D eigenvalue weighted by Crippen LogP contribution is 2.20. The maximum absolute atomic E-state index is 8.84. The van der Waals surface area contributed by atoms with Crippen molar-refractivity contribution in [1.82, 2.24) is 4.98 Å². The molecule has 2 aromatic rings. The molecule has 0 fully saturated rings. The molecule has 4 nitrogen and oxygen atoms in total. The van der Waals surface area contributed by atoms with Crippen LogP contribution in [0.25, 0.3) is 0 Å². The Morgan fingerprint density at radius 1 is 1.33 bits per heavy atom. The first-order valence-corrected chi connectivity index (χ1v) is 5.54. The summed E-state index contributed by atoms with van der Waals surface area (Å²) in [7, 11) is 0. The summed E-state index contributed by atoms with van der Waals surface area (Å²) in [4.78, 5) is 4.15. The van der Waals surface area contributed by atoms with Crippen molar-refractivity contribution >= 4 is 5.82 Å². The number of rotatable bonds is 3. The molecule has 0 amide bonds. The number of hydrogen-bond acceptors (Lipinski definition) is 4. The van der Waals surface area contributed by atoms with Crippen LogP contribution >= 0.6 is 0 Å². The van der Waals surface area contributed by atoms with Gasteiger partial charge in [-0.1, -0.05) is 12.1 Å². The van der Waals surface area contributed by atoms with Gasteiger partial charge in [0.2, 0.25) is 0 Å². The van der Waals surface area contributed by atoms with Gasteiger partial charge in [-0.2, -0.15) is 5.26 Å². The van der Waals surface area contributed by atoms with Crippen LogP contribution in [0.1, 0.15) is 16.8 Å². The van der Waals surface area contributed by atoms with Gasteiger partial charge in [0.1, 0.15) is 18.2 Å². The Kier molecular flexibility index (Phi) is 3.44. The highest BCUT2D eigenvalue weighted by molar-refractivity contribution is 5.41. The van der Waals surface area contributed by atoms with Gasteiger partial charge in [0.25, 0.3) is 0 Å². The van der Waals surface area contributed by atoms with E-state index in [1.165, 1.54) is 0 Å². The lowest BCUT2D eigenvalue weighted by Crippen LogP contribution is -2.01. The molecule has 0 atom stereocenters. The number of anilines is 1. The molecule has 1 aromatic heterocycles. The van der Waals surface area contributed by atoms with Crippen LogP contribution in [0.3, 0.4) is 0 Å². The second kappa shape index (κ2) is 5.19. The molecule has 0 saturated carbocycles. The molecule has 1 aromatic carbocycles. The molecule has 0 aliphatic rings. The number of hydrogen-bond donors (Lipinski definition) is 1. The van der Waals surface area contributed by atoms with E-state index in [1.54, 1.807) is 18.2 Å². The van der Waals surface area contributed by atoms with Crippen molar-refractivity contribution in [3.05, 3.63) is 53.2 Å². The van der Waals surface area contributed by atoms with Crippen molar-refractivity contribution in [3.63, 3.8) is 0 Å². The molecule has 18 heavy (non-hydrogen) atoms. The molecule has 0 saturated heterocycles. The van der Waals surface area contributed by atoms with Crippen molar-refractivity contribution in [3.8, 4) is 11.8 Å². The Balaban J connectivity index is 2.13. The average Bonchev–Trinajstić information content (AvgIpc) is 2.38. The number of pyridine rings is 1. The van der Waals surface area contributed by atoms with E-state index in [-0.39, 0.29) is 0 Å². The van der Waals surface area contributed by atoms with Gasteiger partial charge in [-0.25, -0.2) is 4.98 Å². The Bertz CT molecular complexity index is 602. The van der Waals surface area contributed by atoms with Crippen LogP contribution in [0.4, 0.5) is 5.82 Å². The quantitative estimate of drug-likeness (QED) is 0.892. The number of ether oxygens (including phenoxy) is 1. The lowest BCUT2D eigenvalue weighted by Gasteiger charge is -2.09. The Morgan fingerprint density at radius 2 is 2.17 bits per heavy atom. The summed E-state index contributed by atoms with van der Waals surface area (Å²) in [6, 6.07) is 12.8. The Hall–Kier alpha value is -2.54. The summed E-state index contributed by atoms with van der Waals surface area (Å²) in [5.41, 5.74) is 7.92. The van der Waals surface area contributed by atoms with Crippen LogP contribution in [0.15, 0.2) is 36.4 Å². The number of aromatic nitrogens is 1. The van der Waals surface area contributed by atoms with Crippen molar-refractivity contribution in [1.29, 1.82) is 5.26 Å². The zero-order valence-corrected chi connectivity index (χ0v) is 10.1. The SMILES string of the molecule is Cc1ccc(C#N)cc1OCc1cccc(N)n1. The minimum atomic E-state index is 0.334. The zero-order chi connectivity index (χ0) is 13.0. The lowest BCUT2D eigenvalue weighted by atomic mass is 10.1. The van der Waals surface area contributed by atoms with Gasteiger partial charge in [-0.15, -0.1) is 0 Å². The third-order valence-corrected chi connectivity index (χ3v) is 2.52. The molecule has 0 bridgehead atoms. The smallest absolute Gasteiger partial charge is 0.130 e. The van der Waals surface area contributed by atoms with Gasteiger partial charge in [0.05, 0.1) is 17.3 Å². The molecule has 0 aliphatic heterocycles. The van der Waals surface area contributed by atoms with Crippen LogP contribution in [0.5, 0.6) is 5.75 Å². The fraction of sp³-hybridized carbons (Fsp3) is 0.143. The highest BCUT2D eigenvalue weighted by Gasteiger charge is 2.03. The molecule has 0 spiro atoms. The van der Waals surface area contributed by atoms with Crippen LogP contribution < -0.4 is 10.5 Å². The number of aryl methyl sites for hydroxylation is 1. The summed E-state index contributed by atoms with van der Waals surface area (Å²) in [6.45, 7) is 2.27. The minimum absolute atomic E-state index is 0.334. The number of benzene rings is 1. The standard InChI is InChI=1S/C14H13N3O/c1-10-5-6-11(8-15)7-13(10)18-9-12-3-2-4-14(16)17-12/h2-7H,9H2,1H3,(H2,16,17). The highest BCUT2D eigenvalue weighted by atomic mass is 16.5. The summed E-state index contributed by atoms with van der Waals surface area (Å²) in [5, 5.41) is 8.84. The van der Waals surface area contributed by atoms with E-state index in [4.69, 9.17) is 15.7 Å². The van der Waals surface area contributed by atoms with E-state index in [1.807, 2.05) is 25.1 Å². The van der Waals surface area contributed by atoms with Crippen LogP contribution in [-0.2, 0) is 6.61 Å². The molecular weight excluding hydrogens is 226 g/mol. The zero-order valence-electron chi connectivity index (χ0n) is 10.1. The van der Waals surface area contributed by atoms with E-state index >= 15 is 0 Å². The average molecular weight is 239 g/mol. The first-order chi connectivity index (χ1) is 8.69. The Labute approximate surface area is 106 Å². The second-order valence-electron chi connectivity index (χ2n) is 3.93. The van der Waals surface area contributed by atoms with Crippen LogP contribution in [-0.4, -0.2) is 4.98 Å². The van der Waals surface area contributed by atoms with Crippen LogP contribution in [0.2, 0.25) is 0 Å². The summed E-state index contributed by atoms with van der Waals surface area (Å²) in [5.74, 6) is 1.16. The molecule has 4 heteroatoms. The minimum Gasteiger partial charge on any atom is -0.487 e. The monoisotopic (exact) mass is 239 g/mol. The van der Waals surface area contributed by atoms with Gasteiger partial charge in [0, 0.05) is 0 Å². The van der Waals surface area contributed by atoms with E-state index in [0.717, 1.165) is 11.3 Å². The van der Waals surface area contributed by atoms with Gasteiger partial charge >= 0.3 is 0 Å². The normalized spacial score (nSPS) is 9.78. The van der Waals surface area contributed by atoms with Crippen molar-refractivity contribution < 1.29 is 4.74 Å². The third-order valence-electron chi connectivity index (χ3n) is 2.52. The summed E-state index contributed by atoms with van der Waals surface area (Å²) < 4.78 is 5.65. The fourth-order valence-electron chi connectivity index (χ4n) is 1.56. The van der Waals surface area contributed by atoms with E-state index in [2.05, 4.69) is 11.1 Å². The van der Waals surface area contributed by atoms with Gasteiger partial charge < -0.3 is 10.5 Å². The molecule has 0 radical (unpaired) electrons. The van der Waals surface area contributed by atoms with Crippen molar-refractivity contribution in [2.24, 2.45) is 0 Å². The number of nitrogen functional groups attached to an aromatic ring is 1. The molecule has 2 N–H and O–H groups in total. The molecule has 0 aliphatic carbocycles. The predicted octanol–water partition coefficient (Wildman–Crippen LogP) is 2.42. The van der Waals surface area contributed by atoms with Crippen LogP contribution in [0, 0.1) is 18.3 Å². The molecule has 90 valence electrons. The largest absolute Gasteiger partial charge is 0.487 e. The van der Waals surface area contributed by atoms with E-state index in [9.17, 15) is 0 Å². The number of nitrogens with two attached hydrogens (primary N) is 1. The lowest BCUT2D eigenvalue weighted by molar-refractivity contribution is 0.299. The maximum atomic E-state index is 8.84. The predicted molar refractivity (Wildman–Crippen MR) is 68.9 cm³/mol. The molecular formula is C14H13N3O. The first kappa shape index (κ1) is 11.9. The summed E-state index contributed by atoms with van der Waals surface area (Å²) >= 11 is 0. The van der Waals surface area contributed by atoms with Gasteiger partial charge in [-0.05, 0) is 36.8 Å². The molecule has 2 rings (SSSR count). The summed E-state index contributed by atoms with van der Waals surface area (Å²) in [6.07, 6.45) is 0. The topological polar surface area (TPSA) is 71.9 Å². The third kappa shape index (κ3) is 2.77. The van der Waals surface area contributed by atoms with E-state index in [0.29, 0.717) is 23.7 Å². The fourth-order valence-corrected chi connectivity index (χ4v) is 1.56. The molecule has 0 unspecified atom stereocenters. The van der Waals surface area contributed by atoms with Crippen molar-refractivity contribution in [2.45, 2.75) is 13.5 Å². The Morgan fingerprint density at radius 3 is 2.89 bits per heavy atom.